The van der Waals surface area contributed by atoms with E-state index in [2.05, 4.69) is 50.4 Å². The van der Waals surface area contributed by atoms with Crippen LogP contribution in [-0.2, 0) is 20.7 Å². The molecule has 1 fully saturated rings. The lowest BCUT2D eigenvalue weighted by molar-refractivity contribution is -0.172. The Kier molecular flexibility index (Phi) is 6.37. The molecule has 5 nitrogen and oxygen atoms in total. The summed E-state index contributed by atoms with van der Waals surface area (Å²) in [6, 6.07) is 9.94. The van der Waals surface area contributed by atoms with E-state index in [0.717, 1.165) is 12.0 Å². The van der Waals surface area contributed by atoms with E-state index in [1.165, 1.54) is 17.7 Å². The Morgan fingerprint density at radius 1 is 1.18 bits per heavy atom. The topological polar surface area (TPSA) is 75.6 Å². The number of carbonyl (C=O) groups excluding carboxylic acids is 2. The minimum Gasteiger partial charge on any atom is -0.444 e. The van der Waals surface area contributed by atoms with Crippen molar-refractivity contribution >= 4 is 11.9 Å². The van der Waals surface area contributed by atoms with E-state index in [1.54, 1.807) is 6.92 Å². The summed E-state index contributed by atoms with van der Waals surface area (Å²) < 4.78 is 6.11. The van der Waals surface area contributed by atoms with E-state index >= 15 is 0 Å². The zero-order valence-electron chi connectivity index (χ0n) is 20.0. The molecule has 0 saturated carbocycles. The number of nitrogens with one attached hydrogen (secondary N) is 1. The Morgan fingerprint density at radius 2 is 1.91 bits per heavy atom. The van der Waals surface area contributed by atoms with Crippen molar-refractivity contribution in [3.05, 3.63) is 71.8 Å². The van der Waals surface area contributed by atoms with Gasteiger partial charge in [0.15, 0.2) is 0 Å². The van der Waals surface area contributed by atoms with Gasteiger partial charge in [0, 0.05) is 24.0 Å². The van der Waals surface area contributed by atoms with Gasteiger partial charge in [0.1, 0.15) is 0 Å². The van der Waals surface area contributed by atoms with Gasteiger partial charge in [0.25, 0.3) is 5.91 Å². The van der Waals surface area contributed by atoms with Crippen LogP contribution in [0.3, 0.4) is 0 Å². The summed E-state index contributed by atoms with van der Waals surface area (Å²) in [7, 11) is 0. The lowest BCUT2D eigenvalue weighted by Crippen LogP contribution is -2.56. The van der Waals surface area contributed by atoms with Crippen LogP contribution in [0.1, 0.15) is 46.1 Å². The fourth-order valence-corrected chi connectivity index (χ4v) is 5.95. The highest BCUT2D eigenvalue weighted by atomic mass is 16.6. The maximum atomic E-state index is 13.6. The molecule has 0 aromatic heterocycles. The molecule has 0 radical (unpaired) electrons. The number of carbonyl (C=O) groups is 2. The number of rotatable bonds is 2. The predicted octanol–water partition coefficient (Wildman–Crippen LogP) is 4.13. The highest BCUT2D eigenvalue weighted by Gasteiger charge is 2.64. The second-order valence-corrected chi connectivity index (χ2v) is 10.4. The Labute approximate surface area is 196 Å². The van der Waals surface area contributed by atoms with E-state index in [-0.39, 0.29) is 35.6 Å². The zero-order valence-corrected chi connectivity index (χ0v) is 20.0. The summed E-state index contributed by atoms with van der Waals surface area (Å²) in [6.45, 7) is 7.99. The first-order valence-electron chi connectivity index (χ1n) is 12.0. The Morgan fingerprint density at radius 3 is 2.64 bits per heavy atom. The standard InChI is InChI=1S/C28H35NO4/c1-18-9-8-12-22-15-19(2)20(3)25-23(16-21-10-6-5-7-11-21)29-26(31)28(22,25)33-24(30)13-14-27(4,32)17-18/h5-8,10-15,18,20,22-23,25,32H,9,16-17H2,1-4H3,(H,29,31)/b12-8-,14-13-/t18-,20+,22-,23-,25-,27+,28-/m0/s1. The van der Waals surface area contributed by atoms with E-state index in [1.807, 2.05) is 24.3 Å². The number of amides is 1. The van der Waals surface area contributed by atoms with Crippen LogP contribution in [0.25, 0.3) is 0 Å². The summed E-state index contributed by atoms with van der Waals surface area (Å²) in [5, 5.41) is 13.9. The molecule has 1 aromatic carbocycles. The molecule has 2 heterocycles. The minimum absolute atomic E-state index is 0.0639. The number of hydrogen-bond acceptors (Lipinski definition) is 4. The third-order valence-electron chi connectivity index (χ3n) is 7.58. The van der Waals surface area contributed by atoms with E-state index in [4.69, 9.17) is 4.74 Å². The predicted molar refractivity (Wildman–Crippen MR) is 128 cm³/mol. The van der Waals surface area contributed by atoms with Crippen LogP contribution < -0.4 is 5.32 Å². The van der Waals surface area contributed by atoms with Gasteiger partial charge in [-0.3, -0.25) is 4.79 Å². The SMILES string of the molecule is CC1=C[C@@H]2/C=C\C[C@H](C)C[C@](C)(O)/C=C\C(=O)O[C@@]23C(=O)N[C@@H](Cc2ccccc2)[C@@H]3[C@@H]1C. The average molecular weight is 450 g/mol. The molecule has 1 spiro atoms. The van der Waals surface area contributed by atoms with Crippen molar-refractivity contribution in [1.82, 2.24) is 5.32 Å². The highest BCUT2D eigenvalue weighted by Crippen LogP contribution is 2.50. The van der Waals surface area contributed by atoms with Gasteiger partial charge in [0.2, 0.25) is 5.60 Å². The van der Waals surface area contributed by atoms with Crippen LogP contribution in [0, 0.1) is 23.7 Å². The fraction of sp³-hybridized carbons (Fsp3) is 0.500. The molecule has 1 aliphatic carbocycles. The number of esters is 1. The first-order chi connectivity index (χ1) is 15.6. The van der Waals surface area contributed by atoms with Crippen LogP contribution in [-0.4, -0.2) is 34.2 Å². The quantitative estimate of drug-likeness (QED) is 0.526. The first-order valence-corrected chi connectivity index (χ1v) is 12.0. The zero-order chi connectivity index (χ0) is 23.8. The van der Waals surface area contributed by atoms with E-state index < -0.39 is 17.2 Å². The highest BCUT2D eigenvalue weighted by molar-refractivity contribution is 5.94. The summed E-state index contributed by atoms with van der Waals surface area (Å²) in [4.78, 5) is 26.7. The number of aliphatic hydroxyl groups is 1. The molecule has 7 atom stereocenters. The summed E-state index contributed by atoms with van der Waals surface area (Å²) >= 11 is 0. The third kappa shape index (κ3) is 4.56. The molecular formula is C28H35NO4. The van der Waals surface area contributed by atoms with Gasteiger partial charge in [-0.15, -0.1) is 0 Å². The summed E-state index contributed by atoms with van der Waals surface area (Å²) in [5.41, 5.74) is -0.0958. The number of benzene rings is 1. The Bertz CT molecular complexity index is 992. The average Bonchev–Trinajstić information content (AvgIpc) is 3.02. The molecule has 2 N–H and O–H groups in total. The molecule has 33 heavy (non-hydrogen) atoms. The van der Waals surface area contributed by atoms with Gasteiger partial charge in [0.05, 0.1) is 5.60 Å². The van der Waals surface area contributed by atoms with Gasteiger partial charge >= 0.3 is 5.97 Å². The minimum atomic E-state index is -1.31. The fourth-order valence-electron chi connectivity index (χ4n) is 5.95. The Balaban J connectivity index is 1.78. The summed E-state index contributed by atoms with van der Waals surface area (Å²) in [6.07, 6.45) is 10.9. The lowest BCUT2D eigenvalue weighted by Gasteiger charge is -2.44. The van der Waals surface area contributed by atoms with Gasteiger partial charge in [-0.25, -0.2) is 4.79 Å². The molecular weight excluding hydrogens is 414 g/mol. The van der Waals surface area contributed by atoms with Gasteiger partial charge in [-0.1, -0.05) is 68.0 Å². The largest absolute Gasteiger partial charge is 0.444 e. The number of ether oxygens (including phenoxy) is 1. The molecule has 3 aliphatic rings. The van der Waals surface area contributed by atoms with Crippen molar-refractivity contribution < 1.29 is 19.4 Å². The van der Waals surface area contributed by atoms with Crippen molar-refractivity contribution in [2.24, 2.45) is 23.7 Å². The van der Waals surface area contributed by atoms with Crippen LogP contribution in [0.5, 0.6) is 0 Å². The number of hydrogen-bond donors (Lipinski definition) is 2. The molecule has 4 rings (SSSR count). The van der Waals surface area contributed by atoms with Gasteiger partial charge < -0.3 is 15.2 Å². The monoisotopic (exact) mass is 449 g/mol. The van der Waals surface area contributed by atoms with Crippen LogP contribution in [0.4, 0.5) is 0 Å². The molecule has 1 amide bonds. The van der Waals surface area contributed by atoms with E-state index in [0.29, 0.717) is 12.8 Å². The molecule has 1 saturated heterocycles. The van der Waals surface area contributed by atoms with Crippen molar-refractivity contribution in [2.75, 3.05) is 0 Å². The Hall–Kier alpha value is -2.66. The van der Waals surface area contributed by atoms with Crippen molar-refractivity contribution in [3.8, 4) is 0 Å². The first kappa shape index (κ1) is 23.5. The second kappa shape index (κ2) is 8.94. The maximum Gasteiger partial charge on any atom is 0.331 e. The molecule has 2 aliphatic heterocycles. The van der Waals surface area contributed by atoms with Crippen molar-refractivity contribution in [3.63, 3.8) is 0 Å². The third-order valence-corrected chi connectivity index (χ3v) is 7.58. The molecule has 176 valence electrons. The van der Waals surface area contributed by atoms with E-state index in [9.17, 15) is 14.7 Å². The molecule has 1 aromatic rings. The lowest BCUT2D eigenvalue weighted by atomic mass is 9.63. The van der Waals surface area contributed by atoms with Gasteiger partial charge in [-0.2, -0.15) is 0 Å². The normalized spacial score (nSPS) is 40.8. The summed E-state index contributed by atoms with van der Waals surface area (Å²) in [5.74, 6) is -1.10. The van der Waals surface area contributed by atoms with Crippen LogP contribution in [0.15, 0.2) is 66.3 Å². The molecule has 5 heteroatoms. The number of allylic oxidation sites excluding steroid dienone is 2. The second-order valence-electron chi connectivity index (χ2n) is 10.4. The van der Waals surface area contributed by atoms with Crippen LogP contribution >= 0.6 is 0 Å². The van der Waals surface area contributed by atoms with Crippen molar-refractivity contribution in [2.45, 2.75) is 64.2 Å². The van der Waals surface area contributed by atoms with Gasteiger partial charge in [-0.05, 0) is 56.6 Å². The van der Waals surface area contributed by atoms with Crippen LogP contribution in [0.2, 0.25) is 0 Å². The molecule has 0 unspecified atom stereocenters. The van der Waals surface area contributed by atoms with Crippen molar-refractivity contribution in [1.29, 1.82) is 0 Å². The smallest absolute Gasteiger partial charge is 0.331 e. The molecule has 0 bridgehead atoms. The maximum absolute atomic E-state index is 13.6.